The lowest BCUT2D eigenvalue weighted by atomic mass is 10.1. The summed E-state index contributed by atoms with van der Waals surface area (Å²) in [5, 5.41) is 2.71. The van der Waals surface area contributed by atoms with Crippen molar-refractivity contribution in [2.45, 2.75) is 32.4 Å². The summed E-state index contributed by atoms with van der Waals surface area (Å²) in [4.78, 5) is 23.3. The lowest BCUT2D eigenvalue weighted by molar-refractivity contribution is -0.117. The normalized spacial score (nSPS) is 12.2. The van der Waals surface area contributed by atoms with Crippen molar-refractivity contribution in [1.82, 2.24) is 4.57 Å². The zero-order chi connectivity index (χ0) is 14.3. The van der Waals surface area contributed by atoms with Gasteiger partial charge in [-0.3, -0.25) is 9.59 Å². The van der Waals surface area contributed by atoms with Gasteiger partial charge in [0.2, 0.25) is 5.91 Å². The lowest BCUT2D eigenvalue weighted by Gasteiger charge is -2.12. The van der Waals surface area contributed by atoms with E-state index < -0.39 is 6.04 Å². The van der Waals surface area contributed by atoms with E-state index in [1.165, 1.54) is 10.6 Å². The second-order valence-corrected chi connectivity index (χ2v) is 4.33. The number of carbonyl (C=O) groups is 1. The molecule has 1 aromatic heterocycles. The first-order chi connectivity index (χ1) is 9.08. The van der Waals surface area contributed by atoms with Gasteiger partial charge in [-0.1, -0.05) is 13.3 Å². The van der Waals surface area contributed by atoms with Gasteiger partial charge in [0.25, 0.3) is 5.56 Å². The van der Waals surface area contributed by atoms with Gasteiger partial charge < -0.3 is 20.4 Å². The van der Waals surface area contributed by atoms with Crippen LogP contribution in [0.1, 0.15) is 19.8 Å². The minimum atomic E-state index is -0.524. The highest BCUT2D eigenvalue weighted by Crippen LogP contribution is 2.05. The van der Waals surface area contributed by atoms with E-state index in [0.29, 0.717) is 25.3 Å². The SMILES string of the molecule is CCCC(N)C(=O)Nc1ccc(=O)n(CCOC)c1. The number of amides is 1. The van der Waals surface area contributed by atoms with Crippen LogP contribution in [0.4, 0.5) is 5.69 Å². The average molecular weight is 267 g/mol. The van der Waals surface area contributed by atoms with E-state index >= 15 is 0 Å². The van der Waals surface area contributed by atoms with E-state index in [-0.39, 0.29) is 11.5 Å². The largest absolute Gasteiger partial charge is 0.383 e. The Kier molecular flexibility index (Phi) is 6.24. The Morgan fingerprint density at radius 2 is 2.26 bits per heavy atom. The van der Waals surface area contributed by atoms with Crippen LogP contribution >= 0.6 is 0 Å². The molecule has 106 valence electrons. The van der Waals surface area contributed by atoms with Gasteiger partial charge >= 0.3 is 0 Å². The number of aromatic nitrogens is 1. The number of rotatable bonds is 7. The summed E-state index contributed by atoms with van der Waals surface area (Å²) in [6.45, 7) is 2.85. The second-order valence-electron chi connectivity index (χ2n) is 4.33. The Morgan fingerprint density at radius 1 is 1.53 bits per heavy atom. The van der Waals surface area contributed by atoms with Crippen molar-refractivity contribution in [3.63, 3.8) is 0 Å². The van der Waals surface area contributed by atoms with Crippen LogP contribution in [0.5, 0.6) is 0 Å². The van der Waals surface area contributed by atoms with Gasteiger partial charge in [-0.05, 0) is 12.5 Å². The molecule has 0 aliphatic rings. The molecule has 0 spiro atoms. The number of hydrogen-bond donors (Lipinski definition) is 2. The van der Waals surface area contributed by atoms with Crippen molar-refractivity contribution in [2.24, 2.45) is 5.73 Å². The molecule has 1 aromatic rings. The van der Waals surface area contributed by atoms with Crippen LogP contribution in [-0.4, -0.2) is 30.2 Å². The number of carbonyl (C=O) groups excluding carboxylic acids is 1. The summed E-state index contributed by atoms with van der Waals surface area (Å²) in [6, 6.07) is 2.46. The number of ether oxygens (including phenoxy) is 1. The van der Waals surface area contributed by atoms with Gasteiger partial charge in [-0.2, -0.15) is 0 Å². The molecule has 1 unspecified atom stereocenters. The van der Waals surface area contributed by atoms with Crippen LogP contribution < -0.4 is 16.6 Å². The summed E-state index contributed by atoms with van der Waals surface area (Å²) in [7, 11) is 1.57. The average Bonchev–Trinajstić information content (AvgIpc) is 2.39. The maximum atomic E-state index is 11.8. The van der Waals surface area contributed by atoms with Crippen LogP contribution in [0, 0.1) is 0 Å². The number of anilines is 1. The van der Waals surface area contributed by atoms with Gasteiger partial charge in [-0.25, -0.2) is 0 Å². The minimum absolute atomic E-state index is 0.132. The second kappa shape index (κ2) is 7.70. The molecule has 0 saturated carbocycles. The number of pyridine rings is 1. The minimum Gasteiger partial charge on any atom is -0.383 e. The fraction of sp³-hybridized carbons (Fsp3) is 0.538. The van der Waals surface area contributed by atoms with Gasteiger partial charge in [0.05, 0.1) is 18.3 Å². The van der Waals surface area contributed by atoms with Crippen LogP contribution in [0.15, 0.2) is 23.1 Å². The van der Waals surface area contributed by atoms with Crippen LogP contribution in [0.3, 0.4) is 0 Å². The van der Waals surface area contributed by atoms with Crippen molar-refractivity contribution < 1.29 is 9.53 Å². The molecule has 0 radical (unpaired) electrons. The Labute approximate surface area is 112 Å². The molecule has 19 heavy (non-hydrogen) atoms. The third-order valence-electron chi connectivity index (χ3n) is 2.72. The predicted molar refractivity (Wildman–Crippen MR) is 74.1 cm³/mol. The fourth-order valence-electron chi connectivity index (χ4n) is 1.65. The van der Waals surface area contributed by atoms with Crippen LogP contribution in [0.25, 0.3) is 0 Å². The molecule has 0 aliphatic heterocycles. The number of nitrogens with two attached hydrogens (primary N) is 1. The Morgan fingerprint density at radius 3 is 2.89 bits per heavy atom. The summed E-state index contributed by atoms with van der Waals surface area (Å²) >= 11 is 0. The molecular formula is C13H21N3O3. The number of nitrogens with one attached hydrogen (secondary N) is 1. The molecule has 6 nitrogen and oxygen atoms in total. The molecular weight excluding hydrogens is 246 g/mol. The maximum Gasteiger partial charge on any atom is 0.250 e. The fourth-order valence-corrected chi connectivity index (χ4v) is 1.65. The zero-order valence-corrected chi connectivity index (χ0v) is 11.4. The van der Waals surface area contributed by atoms with Crippen molar-refractivity contribution >= 4 is 11.6 Å². The molecule has 1 heterocycles. The van der Waals surface area contributed by atoms with Crippen molar-refractivity contribution in [1.29, 1.82) is 0 Å². The van der Waals surface area contributed by atoms with Crippen molar-refractivity contribution in [3.8, 4) is 0 Å². The van der Waals surface area contributed by atoms with E-state index in [1.54, 1.807) is 19.4 Å². The lowest BCUT2D eigenvalue weighted by Crippen LogP contribution is -2.35. The first kappa shape index (κ1) is 15.4. The van der Waals surface area contributed by atoms with Crippen molar-refractivity contribution in [3.05, 3.63) is 28.7 Å². The van der Waals surface area contributed by atoms with Crippen LogP contribution in [-0.2, 0) is 16.1 Å². The molecule has 0 saturated heterocycles. The first-order valence-electron chi connectivity index (χ1n) is 6.34. The number of nitrogens with zero attached hydrogens (tertiary/aromatic N) is 1. The summed E-state index contributed by atoms with van der Waals surface area (Å²) in [6.07, 6.45) is 3.08. The standard InChI is InChI=1S/C13H21N3O3/c1-3-4-11(14)13(18)15-10-5-6-12(17)16(9-10)7-8-19-2/h5-6,9,11H,3-4,7-8,14H2,1-2H3,(H,15,18). The molecule has 0 aromatic carbocycles. The molecule has 0 fully saturated rings. The third-order valence-corrected chi connectivity index (χ3v) is 2.72. The monoisotopic (exact) mass is 267 g/mol. The molecule has 0 aliphatic carbocycles. The third kappa shape index (κ3) is 4.84. The topological polar surface area (TPSA) is 86.4 Å². The highest BCUT2D eigenvalue weighted by molar-refractivity contribution is 5.94. The highest BCUT2D eigenvalue weighted by Gasteiger charge is 2.12. The Balaban J connectivity index is 2.73. The van der Waals surface area contributed by atoms with E-state index in [1.807, 2.05) is 6.92 Å². The summed E-state index contributed by atoms with van der Waals surface area (Å²) in [5.74, 6) is -0.237. The van der Waals surface area contributed by atoms with Crippen LogP contribution in [0.2, 0.25) is 0 Å². The van der Waals surface area contributed by atoms with Gasteiger partial charge in [0.15, 0.2) is 0 Å². The van der Waals surface area contributed by atoms with Gasteiger partial charge in [-0.15, -0.1) is 0 Å². The van der Waals surface area contributed by atoms with Gasteiger partial charge in [0.1, 0.15) is 0 Å². The van der Waals surface area contributed by atoms with E-state index in [4.69, 9.17) is 10.5 Å². The Hall–Kier alpha value is -1.66. The maximum absolute atomic E-state index is 11.8. The van der Waals surface area contributed by atoms with Gasteiger partial charge in [0, 0.05) is 25.9 Å². The molecule has 0 bridgehead atoms. The Bertz CT molecular complexity index is 470. The molecule has 6 heteroatoms. The van der Waals surface area contributed by atoms with E-state index in [0.717, 1.165) is 6.42 Å². The number of methoxy groups -OCH3 is 1. The summed E-state index contributed by atoms with van der Waals surface area (Å²) in [5.41, 5.74) is 6.15. The molecule has 1 rings (SSSR count). The summed E-state index contributed by atoms with van der Waals surface area (Å²) < 4.78 is 6.42. The zero-order valence-electron chi connectivity index (χ0n) is 11.4. The molecule has 3 N–H and O–H groups in total. The first-order valence-corrected chi connectivity index (χ1v) is 6.34. The molecule has 1 amide bonds. The predicted octanol–water partition coefficient (Wildman–Crippen LogP) is 0.561. The van der Waals surface area contributed by atoms with E-state index in [9.17, 15) is 9.59 Å². The number of hydrogen-bond acceptors (Lipinski definition) is 4. The van der Waals surface area contributed by atoms with Crippen molar-refractivity contribution in [2.75, 3.05) is 19.0 Å². The smallest absolute Gasteiger partial charge is 0.250 e. The quantitative estimate of drug-likeness (QED) is 0.756. The highest BCUT2D eigenvalue weighted by atomic mass is 16.5. The van der Waals surface area contributed by atoms with E-state index in [2.05, 4.69) is 5.32 Å². The molecule has 1 atom stereocenters.